The van der Waals surface area contributed by atoms with Gasteiger partial charge in [0.05, 0.1) is 12.2 Å². The van der Waals surface area contributed by atoms with Gasteiger partial charge >= 0.3 is 0 Å². The Kier molecular flexibility index (Phi) is 4.52. The van der Waals surface area contributed by atoms with Crippen LogP contribution in [0.15, 0.2) is 29.6 Å². The number of hydrogen-bond donors (Lipinski definition) is 2. The highest BCUT2D eigenvalue weighted by molar-refractivity contribution is 7.13. The number of carbonyl (C=O) groups excluding carboxylic acids is 1. The Morgan fingerprint density at radius 2 is 2.21 bits per heavy atom. The minimum atomic E-state index is 0.0369. The van der Waals surface area contributed by atoms with Crippen LogP contribution in [0.1, 0.15) is 23.2 Å². The van der Waals surface area contributed by atoms with Crippen molar-refractivity contribution in [3.05, 3.63) is 46.5 Å². The second-order valence-electron chi connectivity index (χ2n) is 4.38. The van der Waals surface area contributed by atoms with E-state index in [0.29, 0.717) is 18.1 Å². The molecule has 0 fully saturated rings. The van der Waals surface area contributed by atoms with E-state index in [4.69, 9.17) is 5.73 Å². The summed E-state index contributed by atoms with van der Waals surface area (Å²) < 4.78 is 0. The Balaban J connectivity index is 1.77. The standard InChI is InChI=1S/C14H17N3OS/c1-10-4-2-3-5-11(10)6-7-13(18)16-8-12-9-19-14(15)17-12/h2-5,9H,6-8H2,1H3,(H2,15,17)(H,16,18). The lowest BCUT2D eigenvalue weighted by Crippen LogP contribution is -2.23. The van der Waals surface area contributed by atoms with E-state index < -0.39 is 0 Å². The number of anilines is 1. The zero-order chi connectivity index (χ0) is 13.7. The molecule has 0 spiro atoms. The van der Waals surface area contributed by atoms with Gasteiger partial charge in [-0.1, -0.05) is 24.3 Å². The second-order valence-corrected chi connectivity index (χ2v) is 5.27. The Morgan fingerprint density at radius 3 is 2.89 bits per heavy atom. The van der Waals surface area contributed by atoms with Gasteiger partial charge in [-0.2, -0.15) is 0 Å². The van der Waals surface area contributed by atoms with Gasteiger partial charge in [0.25, 0.3) is 0 Å². The number of aromatic nitrogens is 1. The number of nitrogens with one attached hydrogen (secondary N) is 1. The summed E-state index contributed by atoms with van der Waals surface area (Å²) in [6.07, 6.45) is 1.25. The molecule has 0 bridgehead atoms. The number of nitrogens with zero attached hydrogens (tertiary/aromatic N) is 1. The van der Waals surface area contributed by atoms with Gasteiger partial charge < -0.3 is 11.1 Å². The molecule has 1 aromatic carbocycles. The maximum Gasteiger partial charge on any atom is 0.220 e. The van der Waals surface area contributed by atoms with E-state index in [0.717, 1.165) is 12.1 Å². The fourth-order valence-electron chi connectivity index (χ4n) is 1.82. The zero-order valence-electron chi connectivity index (χ0n) is 10.8. The highest BCUT2D eigenvalue weighted by Crippen LogP contribution is 2.11. The molecular formula is C14H17N3OS. The van der Waals surface area contributed by atoms with Gasteiger partial charge in [-0.15, -0.1) is 11.3 Å². The number of carbonyl (C=O) groups is 1. The number of amides is 1. The maximum absolute atomic E-state index is 11.7. The summed E-state index contributed by atoms with van der Waals surface area (Å²) >= 11 is 1.38. The number of nitrogens with two attached hydrogens (primary N) is 1. The quantitative estimate of drug-likeness (QED) is 0.879. The van der Waals surface area contributed by atoms with E-state index in [-0.39, 0.29) is 5.91 Å². The van der Waals surface area contributed by atoms with Crippen LogP contribution in [-0.4, -0.2) is 10.9 Å². The van der Waals surface area contributed by atoms with E-state index >= 15 is 0 Å². The smallest absolute Gasteiger partial charge is 0.220 e. The van der Waals surface area contributed by atoms with Crippen molar-refractivity contribution in [3.8, 4) is 0 Å². The van der Waals surface area contributed by atoms with Crippen LogP contribution in [0, 0.1) is 6.92 Å². The second kappa shape index (κ2) is 6.33. The van der Waals surface area contributed by atoms with Gasteiger partial charge in [0.2, 0.25) is 5.91 Å². The molecule has 2 aromatic rings. The van der Waals surface area contributed by atoms with Crippen LogP contribution in [0.2, 0.25) is 0 Å². The highest BCUT2D eigenvalue weighted by atomic mass is 32.1. The SMILES string of the molecule is Cc1ccccc1CCC(=O)NCc1csc(N)n1. The van der Waals surface area contributed by atoms with Crippen LogP contribution in [0.3, 0.4) is 0 Å². The first kappa shape index (κ1) is 13.5. The molecule has 0 saturated carbocycles. The van der Waals surface area contributed by atoms with E-state index in [2.05, 4.69) is 29.4 Å². The average molecular weight is 275 g/mol. The van der Waals surface area contributed by atoms with Gasteiger partial charge in [0, 0.05) is 11.8 Å². The maximum atomic E-state index is 11.7. The van der Waals surface area contributed by atoms with E-state index in [9.17, 15) is 4.79 Å². The van der Waals surface area contributed by atoms with Crippen molar-refractivity contribution in [3.63, 3.8) is 0 Å². The number of hydrogen-bond acceptors (Lipinski definition) is 4. The molecular weight excluding hydrogens is 258 g/mol. The predicted molar refractivity (Wildman–Crippen MR) is 77.9 cm³/mol. The molecule has 5 heteroatoms. The molecule has 0 saturated heterocycles. The third-order valence-corrected chi connectivity index (χ3v) is 3.64. The monoisotopic (exact) mass is 275 g/mol. The Bertz CT molecular complexity index is 565. The fourth-order valence-corrected chi connectivity index (χ4v) is 2.38. The number of nitrogen functional groups attached to an aromatic ring is 1. The Hall–Kier alpha value is -1.88. The van der Waals surface area contributed by atoms with Crippen LogP contribution in [-0.2, 0) is 17.8 Å². The van der Waals surface area contributed by atoms with Crippen molar-refractivity contribution in [2.45, 2.75) is 26.3 Å². The summed E-state index contributed by atoms with van der Waals surface area (Å²) in [5.41, 5.74) is 8.79. The summed E-state index contributed by atoms with van der Waals surface area (Å²) in [6.45, 7) is 2.51. The number of thiazole rings is 1. The van der Waals surface area contributed by atoms with Gasteiger partial charge in [-0.25, -0.2) is 4.98 Å². The van der Waals surface area contributed by atoms with Crippen LogP contribution < -0.4 is 11.1 Å². The molecule has 0 aliphatic rings. The fraction of sp³-hybridized carbons (Fsp3) is 0.286. The van der Waals surface area contributed by atoms with Gasteiger partial charge in [0.15, 0.2) is 5.13 Å². The summed E-state index contributed by atoms with van der Waals surface area (Å²) in [7, 11) is 0. The Labute approximate surface area is 116 Å². The third kappa shape index (κ3) is 4.06. The van der Waals surface area contributed by atoms with E-state index in [1.54, 1.807) is 0 Å². The normalized spacial score (nSPS) is 10.4. The third-order valence-electron chi connectivity index (χ3n) is 2.92. The van der Waals surface area contributed by atoms with E-state index in [1.165, 1.54) is 22.5 Å². The molecule has 0 aliphatic heterocycles. The average Bonchev–Trinajstić information content (AvgIpc) is 2.81. The molecule has 1 amide bonds. The first-order valence-corrected chi connectivity index (χ1v) is 7.04. The van der Waals surface area contributed by atoms with Crippen LogP contribution in [0.4, 0.5) is 5.13 Å². The molecule has 1 heterocycles. The lowest BCUT2D eigenvalue weighted by molar-refractivity contribution is -0.121. The highest BCUT2D eigenvalue weighted by Gasteiger charge is 2.05. The molecule has 4 nitrogen and oxygen atoms in total. The van der Waals surface area contributed by atoms with E-state index in [1.807, 2.05) is 17.5 Å². The number of aryl methyl sites for hydroxylation is 2. The van der Waals surface area contributed by atoms with Crippen molar-refractivity contribution in [2.24, 2.45) is 0 Å². The number of benzene rings is 1. The topological polar surface area (TPSA) is 68.0 Å². The molecule has 19 heavy (non-hydrogen) atoms. The molecule has 2 rings (SSSR count). The molecule has 1 aromatic heterocycles. The summed E-state index contributed by atoms with van der Waals surface area (Å²) in [5, 5.41) is 5.24. The van der Waals surface area contributed by atoms with Crippen molar-refractivity contribution in [1.82, 2.24) is 10.3 Å². The minimum Gasteiger partial charge on any atom is -0.375 e. The lowest BCUT2D eigenvalue weighted by atomic mass is 10.0. The summed E-state index contributed by atoms with van der Waals surface area (Å²) in [5.74, 6) is 0.0369. The summed E-state index contributed by atoms with van der Waals surface area (Å²) in [4.78, 5) is 15.8. The first-order chi connectivity index (χ1) is 9.15. The lowest BCUT2D eigenvalue weighted by Gasteiger charge is -2.06. The van der Waals surface area contributed by atoms with Crippen LogP contribution in [0.5, 0.6) is 0 Å². The molecule has 0 unspecified atom stereocenters. The molecule has 0 radical (unpaired) electrons. The number of rotatable bonds is 5. The van der Waals surface area contributed by atoms with Gasteiger partial charge in [0.1, 0.15) is 0 Å². The van der Waals surface area contributed by atoms with Crippen molar-refractivity contribution in [2.75, 3.05) is 5.73 Å². The van der Waals surface area contributed by atoms with Gasteiger partial charge in [-0.05, 0) is 24.5 Å². The zero-order valence-corrected chi connectivity index (χ0v) is 11.7. The van der Waals surface area contributed by atoms with Gasteiger partial charge in [-0.3, -0.25) is 4.79 Å². The molecule has 0 aliphatic carbocycles. The molecule has 0 atom stereocenters. The largest absolute Gasteiger partial charge is 0.375 e. The van der Waals surface area contributed by atoms with Crippen LogP contribution in [0.25, 0.3) is 0 Å². The summed E-state index contributed by atoms with van der Waals surface area (Å²) in [6, 6.07) is 8.12. The molecule has 100 valence electrons. The van der Waals surface area contributed by atoms with Crippen molar-refractivity contribution >= 4 is 22.4 Å². The first-order valence-electron chi connectivity index (χ1n) is 6.16. The minimum absolute atomic E-state index is 0.0369. The van der Waals surface area contributed by atoms with Crippen LogP contribution >= 0.6 is 11.3 Å². The predicted octanol–water partition coefficient (Wildman–Crippen LogP) is 2.28. The van der Waals surface area contributed by atoms with Crippen molar-refractivity contribution < 1.29 is 4.79 Å². The molecule has 3 N–H and O–H groups in total. The Morgan fingerprint density at radius 1 is 1.42 bits per heavy atom. The van der Waals surface area contributed by atoms with Crippen molar-refractivity contribution in [1.29, 1.82) is 0 Å².